The first-order chi connectivity index (χ1) is 9.93. The molecule has 0 bridgehead atoms. The molecule has 1 N–H and O–H groups in total. The summed E-state index contributed by atoms with van der Waals surface area (Å²) in [5.74, 6) is -0.232. The predicted molar refractivity (Wildman–Crippen MR) is 83.7 cm³/mol. The van der Waals surface area contributed by atoms with E-state index < -0.39 is 11.4 Å². The summed E-state index contributed by atoms with van der Waals surface area (Å²) in [4.78, 5) is 11.9. The van der Waals surface area contributed by atoms with Gasteiger partial charge in [0, 0.05) is 13.0 Å². The van der Waals surface area contributed by atoms with Crippen molar-refractivity contribution in [3.63, 3.8) is 0 Å². The zero-order valence-electron chi connectivity index (χ0n) is 13.2. The molecule has 118 valence electrons. The average molecular weight is 313 g/mol. The predicted octanol–water partition coefficient (Wildman–Crippen LogP) is 3.94. The second kappa shape index (κ2) is 6.39. The monoisotopic (exact) mass is 312 g/mol. The van der Waals surface area contributed by atoms with Crippen molar-refractivity contribution in [1.82, 2.24) is 9.78 Å². The second-order valence-corrected chi connectivity index (χ2v) is 6.72. The van der Waals surface area contributed by atoms with E-state index in [0.717, 1.165) is 50.0 Å². The van der Waals surface area contributed by atoms with E-state index in [1.165, 1.54) is 0 Å². The molecule has 1 aliphatic rings. The van der Waals surface area contributed by atoms with E-state index in [0.29, 0.717) is 17.4 Å². The highest BCUT2D eigenvalue weighted by Crippen LogP contribution is 2.43. The fraction of sp³-hybridized carbons (Fsp3) is 0.750. The zero-order chi connectivity index (χ0) is 15.6. The fourth-order valence-electron chi connectivity index (χ4n) is 3.60. The number of halogens is 1. The quantitative estimate of drug-likeness (QED) is 0.896. The molecule has 21 heavy (non-hydrogen) atoms. The van der Waals surface area contributed by atoms with Crippen LogP contribution in [0.3, 0.4) is 0 Å². The molecule has 0 saturated heterocycles. The van der Waals surface area contributed by atoms with Crippen LogP contribution >= 0.6 is 11.6 Å². The van der Waals surface area contributed by atoms with Crippen molar-refractivity contribution in [1.29, 1.82) is 0 Å². The Morgan fingerprint density at radius 1 is 1.52 bits per heavy atom. The molecular formula is C16H25ClN2O2. The molecule has 0 aliphatic heterocycles. The molecular weight excluding hydrogens is 288 g/mol. The minimum absolute atomic E-state index is 0.456. The minimum atomic E-state index is -0.688. The summed E-state index contributed by atoms with van der Waals surface area (Å²) >= 11 is 6.45. The summed E-state index contributed by atoms with van der Waals surface area (Å²) in [6.07, 6.45) is 4.83. The molecule has 1 aromatic heterocycles. The van der Waals surface area contributed by atoms with Crippen LogP contribution in [0, 0.1) is 11.3 Å². The van der Waals surface area contributed by atoms with Gasteiger partial charge in [-0.1, -0.05) is 38.3 Å². The van der Waals surface area contributed by atoms with Crippen molar-refractivity contribution in [2.45, 2.75) is 65.8 Å². The van der Waals surface area contributed by atoms with Crippen LogP contribution in [0.25, 0.3) is 0 Å². The van der Waals surface area contributed by atoms with Crippen molar-refractivity contribution >= 4 is 17.6 Å². The van der Waals surface area contributed by atoms with Crippen molar-refractivity contribution in [2.75, 3.05) is 0 Å². The normalized spacial score (nSPS) is 26.0. The second-order valence-electron chi connectivity index (χ2n) is 6.34. The minimum Gasteiger partial charge on any atom is -0.481 e. The summed E-state index contributed by atoms with van der Waals surface area (Å²) < 4.78 is 1.88. The summed E-state index contributed by atoms with van der Waals surface area (Å²) in [7, 11) is 0. The van der Waals surface area contributed by atoms with Gasteiger partial charge in [0.05, 0.1) is 21.8 Å². The largest absolute Gasteiger partial charge is 0.481 e. The Kier molecular flexibility index (Phi) is 4.97. The standard InChI is InChI=1S/C16H25ClN2O2/c1-4-12-14(17)13(19(5-2)18-12)10-16(15(20)21)8-6-7-11(3)9-16/h11H,4-10H2,1-3H3,(H,20,21). The molecule has 0 radical (unpaired) electrons. The SMILES string of the molecule is CCc1nn(CC)c(CC2(C(=O)O)CCCC(C)C2)c1Cl. The highest BCUT2D eigenvalue weighted by atomic mass is 35.5. The molecule has 0 aromatic carbocycles. The first-order valence-electron chi connectivity index (χ1n) is 7.91. The van der Waals surface area contributed by atoms with Crippen molar-refractivity contribution in [3.8, 4) is 0 Å². The van der Waals surface area contributed by atoms with Gasteiger partial charge in [0.25, 0.3) is 0 Å². The van der Waals surface area contributed by atoms with Gasteiger partial charge in [-0.05, 0) is 32.1 Å². The lowest BCUT2D eigenvalue weighted by molar-refractivity contribution is -0.152. The molecule has 1 heterocycles. The van der Waals surface area contributed by atoms with Gasteiger partial charge in [-0.3, -0.25) is 9.48 Å². The summed E-state index contributed by atoms with van der Waals surface area (Å²) in [5, 5.41) is 15.0. The van der Waals surface area contributed by atoms with Gasteiger partial charge in [-0.25, -0.2) is 0 Å². The summed E-state index contributed by atoms with van der Waals surface area (Å²) in [5.41, 5.74) is 1.09. The van der Waals surface area contributed by atoms with E-state index in [2.05, 4.69) is 12.0 Å². The first kappa shape index (κ1) is 16.3. The number of carboxylic acids is 1. The van der Waals surface area contributed by atoms with Crippen LogP contribution < -0.4 is 0 Å². The Morgan fingerprint density at radius 2 is 2.24 bits per heavy atom. The smallest absolute Gasteiger partial charge is 0.310 e. The molecule has 1 saturated carbocycles. The molecule has 1 aromatic rings. The number of hydrogen-bond acceptors (Lipinski definition) is 2. The summed E-state index contributed by atoms with van der Waals surface area (Å²) in [6.45, 7) is 6.91. The Bertz CT molecular complexity index is 527. The molecule has 2 atom stereocenters. The van der Waals surface area contributed by atoms with Gasteiger partial charge in [0.2, 0.25) is 0 Å². The lowest BCUT2D eigenvalue weighted by Gasteiger charge is -2.36. The van der Waals surface area contributed by atoms with E-state index >= 15 is 0 Å². The number of carbonyl (C=O) groups is 1. The molecule has 2 rings (SSSR count). The van der Waals surface area contributed by atoms with E-state index in [4.69, 9.17) is 11.6 Å². The molecule has 2 unspecified atom stereocenters. The van der Waals surface area contributed by atoms with Gasteiger partial charge >= 0.3 is 5.97 Å². The Balaban J connectivity index is 2.37. The highest BCUT2D eigenvalue weighted by molar-refractivity contribution is 6.31. The van der Waals surface area contributed by atoms with E-state index in [-0.39, 0.29) is 0 Å². The number of hydrogen-bond donors (Lipinski definition) is 1. The van der Waals surface area contributed by atoms with Gasteiger partial charge < -0.3 is 5.11 Å². The topological polar surface area (TPSA) is 55.1 Å². The number of aromatic nitrogens is 2. The van der Waals surface area contributed by atoms with E-state index in [1.54, 1.807) is 0 Å². The molecule has 1 aliphatic carbocycles. The molecule has 0 amide bonds. The highest BCUT2D eigenvalue weighted by Gasteiger charge is 2.43. The van der Waals surface area contributed by atoms with Crippen molar-refractivity contribution in [2.24, 2.45) is 11.3 Å². The van der Waals surface area contributed by atoms with Crippen LogP contribution in [0.4, 0.5) is 0 Å². The first-order valence-corrected chi connectivity index (χ1v) is 8.28. The molecule has 1 fully saturated rings. The van der Waals surface area contributed by atoms with Gasteiger partial charge in [-0.2, -0.15) is 5.10 Å². The Hall–Kier alpha value is -1.03. The number of nitrogens with zero attached hydrogens (tertiary/aromatic N) is 2. The van der Waals surface area contributed by atoms with Crippen LogP contribution in [0.15, 0.2) is 0 Å². The van der Waals surface area contributed by atoms with Gasteiger partial charge in [0.1, 0.15) is 0 Å². The van der Waals surface area contributed by atoms with E-state index in [1.807, 2.05) is 18.5 Å². The number of rotatable bonds is 5. The van der Waals surface area contributed by atoms with E-state index in [9.17, 15) is 9.90 Å². The van der Waals surface area contributed by atoms with Crippen LogP contribution in [-0.2, 0) is 24.2 Å². The van der Waals surface area contributed by atoms with Gasteiger partial charge in [0.15, 0.2) is 0 Å². The van der Waals surface area contributed by atoms with Crippen molar-refractivity contribution < 1.29 is 9.90 Å². The van der Waals surface area contributed by atoms with Crippen LogP contribution in [0.5, 0.6) is 0 Å². The lowest BCUT2D eigenvalue weighted by atomic mass is 9.67. The maximum atomic E-state index is 11.9. The van der Waals surface area contributed by atoms with Crippen molar-refractivity contribution in [3.05, 3.63) is 16.4 Å². The molecule has 4 nitrogen and oxygen atoms in total. The Morgan fingerprint density at radius 3 is 2.76 bits per heavy atom. The number of aryl methyl sites for hydroxylation is 2. The number of carboxylic acid groups (broad SMARTS) is 1. The van der Waals surface area contributed by atoms with Crippen LogP contribution in [0.1, 0.15) is 57.8 Å². The average Bonchev–Trinajstić information content (AvgIpc) is 2.75. The Labute approximate surface area is 131 Å². The lowest BCUT2D eigenvalue weighted by Crippen LogP contribution is -2.38. The third-order valence-corrected chi connectivity index (χ3v) is 5.18. The van der Waals surface area contributed by atoms with Crippen LogP contribution in [0.2, 0.25) is 5.02 Å². The van der Waals surface area contributed by atoms with Gasteiger partial charge in [-0.15, -0.1) is 0 Å². The third kappa shape index (κ3) is 3.10. The molecule has 5 heteroatoms. The fourth-order valence-corrected chi connectivity index (χ4v) is 3.93. The summed E-state index contributed by atoms with van der Waals surface area (Å²) in [6, 6.07) is 0. The molecule has 0 spiro atoms. The number of aliphatic carboxylic acids is 1. The maximum Gasteiger partial charge on any atom is 0.310 e. The maximum absolute atomic E-state index is 11.9. The van der Waals surface area contributed by atoms with Crippen LogP contribution in [-0.4, -0.2) is 20.9 Å². The zero-order valence-corrected chi connectivity index (χ0v) is 13.9. The third-order valence-electron chi connectivity index (χ3n) is 4.75.